The molecule has 4 N–H and O–H groups in total. The summed E-state index contributed by atoms with van der Waals surface area (Å²) in [6.45, 7) is 5.90. The van der Waals surface area contributed by atoms with Gasteiger partial charge in [0.25, 0.3) is 0 Å². The first kappa shape index (κ1) is 24.9. The van der Waals surface area contributed by atoms with Crippen LogP contribution in [0.1, 0.15) is 84.0 Å². The molecule has 162 valence electrons. The smallest absolute Gasteiger partial charge is 0.303 e. The van der Waals surface area contributed by atoms with Gasteiger partial charge in [-0.1, -0.05) is 63.7 Å². The van der Waals surface area contributed by atoms with Gasteiger partial charge in [-0.25, -0.2) is 0 Å². The van der Waals surface area contributed by atoms with Crippen molar-refractivity contribution in [3.63, 3.8) is 0 Å². The number of unbranched alkanes of at least 4 members (excludes halogenated alkanes) is 5. The Balaban J connectivity index is 2.49. The average molecular weight is 397 g/mol. The fourth-order valence-corrected chi connectivity index (χ4v) is 4.18. The van der Waals surface area contributed by atoms with E-state index in [4.69, 9.17) is 5.11 Å². The third-order valence-electron chi connectivity index (χ3n) is 6.02. The lowest BCUT2D eigenvalue weighted by molar-refractivity contribution is -0.137. The fourth-order valence-electron chi connectivity index (χ4n) is 4.18. The minimum Gasteiger partial charge on any atom is -0.481 e. The molecule has 1 rings (SSSR count). The highest BCUT2D eigenvalue weighted by atomic mass is 16.4. The second-order valence-corrected chi connectivity index (χ2v) is 8.36. The molecule has 1 fully saturated rings. The van der Waals surface area contributed by atoms with Gasteiger partial charge in [0.15, 0.2) is 0 Å². The molecule has 1 aliphatic carbocycles. The van der Waals surface area contributed by atoms with Crippen LogP contribution in [0.5, 0.6) is 0 Å². The number of carbonyl (C=O) groups is 1. The van der Waals surface area contributed by atoms with Gasteiger partial charge in [0.2, 0.25) is 0 Å². The van der Waals surface area contributed by atoms with E-state index in [1.54, 1.807) is 6.08 Å². The first-order valence-corrected chi connectivity index (χ1v) is 10.9. The third-order valence-corrected chi connectivity index (χ3v) is 6.02. The van der Waals surface area contributed by atoms with Gasteiger partial charge in [-0.3, -0.25) is 4.79 Å². The van der Waals surface area contributed by atoms with E-state index in [2.05, 4.69) is 13.5 Å². The maximum absolute atomic E-state index is 10.6. The van der Waals surface area contributed by atoms with Crippen molar-refractivity contribution in [2.75, 3.05) is 0 Å². The normalized spacial score (nSPS) is 27.1. The largest absolute Gasteiger partial charge is 0.481 e. The van der Waals surface area contributed by atoms with Gasteiger partial charge < -0.3 is 20.4 Å². The van der Waals surface area contributed by atoms with Gasteiger partial charge in [0.05, 0.1) is 17.8 Å². The second kappa shape index (κ2) is 13.1. The van der Waals surface area contributed by atoms with Crippen molar-refractivity contribution >= 4 is 5.97 Å². The molecule has 5 nitrogen and oxygen atoms in total. The lowest BCUT2D eigenvalue weighted by Gasteiger charge is -2.24. The highest BCUT2D eigenvalue weighted by Gasteiger charge is 2.39. The maximum Gasteiger partial charge on any atom is 0.303 e. The van der Waals surface area contributed by atoms with Gasteiger partial charge in [-0.15, -0.1) is 6.58 Å². The van der Waals surface area contributed by atoms with E-state index in [0.717, 1.165) is 44.9 Å². The number of hydrogen-bond donors (Lipinski definition) is 4. The second-order valence-electron chi connectivity index (χ2n) is 8.36. The van der Waals surface area contributed by atoms with Gasteiger partial charge in [-0.05, 0) is 31.6 Å². The van der Waals surface area contributed by atoms with E-state index < -0.39 is 23.8 Å². The van der Waals surface area contributed by atoms with Gasteiger partial charge in [0, 0.05) is 18.8 Å². The molecule has 1 unspecified atom stereocenters. The molecule has 0 aromatic carbocycles. The molecule has 1 saturated carbocycles. The highest BCUT2D eigenvalue weighted by molar-refractivity contribution is 5.66. The molecule has 28 heavy (non-hydrogen) atoms. The van der Waals surface area contributed by atoms with Gasteiger partial charge in [0.1, 0.15) is 0 Å². The van der Waals surface area contributed by atoms with Crippen molar-refractivity contribution in [3.05, 3.63) is 24.8 Å². The molecule has 0 heterocycles. The summed E-state index contributed by atoms with van der Waals surface area (Å²) in [5.41, 5.74) is -0.909. The quantitative estimate of drug-likeness (QED) is 0.245. The number of carboxylic acid groups (broad SMARTS) is 1. The Hall–Kier alpha value is -1.17. The topological polar surface area (TPSA) is 98.0 Å². The van der Waals surface area contributed by atoms with E-state index in [1.807, 2.05) is 12.2 Å². The summed E-state index contributed by atoms with van der Waals surface area (Å²) in [6, 6.07) is 0. The number of aliphatic carboxylic acids is 1. The minimum absolute atomic E-state index is 0.0163. The number of rotatable bonds is 15. The number of aliphatic hydroxyl groups excluding tert-OH is 2. The van der Waals surface area contributed by atoms with Crippen molar-refractivity contribution < 1.29 is 25.2 Å². The van der Waals surface area contributed by atoms with E-state index in [0.29, 0.717) is 25.7 Å². The van der Waals surface area contributed by atoms with Crippen LogP contribution >= 0.6 is 0 Å². The van der Waals surface area contributed by atoms with Crippen LogP contribution in [0.3, 0.4) is 0 Å². The SMILES string of the molecule is C=CC(O)(CC=C[C@@H]1[C@@H](CCCCCCC(=O)O)[C@@H](O)C[C@H]1O)CCCCC. The summed E-state index contributed by atoms with van der Waals surface area (Å²) in [7, 11) is 0. The fraction of sp³-hybridized carbons (Fsp3) is 0.783. The van der Waals surface area contributed by atoms with Crippen LogP contribution in [0.25, 0.3) is 0 Å². The third kappa shape index (κ3) is 8.89. The molecular formula is C23H40O5. The molecule has 0 aromatic heterocycles. The van der Waals surface area contributed by atoms with Crippen LogP contribution in [0.2, 0.25) is 0 Å². The monoisotopic (exact) mass is 396 g/mol. The zero-order chi connectivity index (χ0) is 21.0. The minimum atomic E-state index is -0.909. The Bertz CT molecular complexity index is 489. The molecule has 0 bridgehead atoms. The molecule has 0 saturated heterocycles. The lowest BCUT2D eigenvalue weighted by Crippen LogP contribution is -2.25. The molecule has 0 aromatic rings. The standard InChI is InChI=1S/C23H40O5/c1-3-5-10-15-23(28,4-2)16-11-13-19-18(20(24)17-21(19)25)12-8-6-7-9-14-22(26)27/h4,11,13,18-21,24-25,28H,2-3,5-10,12,14-17H2,1H3,(H,26,27)/t18-,19-,20+,21-,23?/m1/s1. The van der Waals surface area contributed by atoms with E-state index >= 15 is 0 Å². The number of hydrogen-bond acceptors (Lipinski definition) is 4. The molecule has 0 radical (unpaired) electrons. The summed E-state index contributed by atoms with van der Waals surface area (Å²) in [5.74, 6) is -0.838. The van der Waals surface area contributed by atoms with Gasteiger partial charge in [-0.2, -0.15) is 0 Å². The van der Waals surface area contributed by atoms with Crippen molar-refractivity contribution in [1.29, 1.82) is 0 Å². The predicted octanol–water partition coefficient (Wildman–Crippen LogP) is 4.21. The van der Waals surface area contributed by atoms with Crippen LogP contribution in [0.15, 0.2) is 24.8 Å². The highest BCUT2D eigenvalue weighted by Crippen LogP contribution is 2.37. The van der Waals surface area contributed by atoms with Crippen molar-refractivity contribution in [2.24, 2.45) is 11.8 Å². The first-order chi connectivity index (χ1) is 13.3. The summed E-state index contributed by atoms with van der Waals surface area (Å²) in [4.78, 5) is 10.5. The maximum atomic E-state index is 10.6. The molecule has 1 aliphatic rings. The van der Waals surface area contributed by atoms with Crippen LogP contribution < -0.4 is 0 Å². The Morgan fingerprint density at radius 2 is 1.82 bits per heavy atom. The average Bonchev–Trinajstić information content (AvgIpc) is 2.91. The summed E-state index contributed by atoms with van der Waals surface area (Å²) < 4.78 is 0. The first-order valence-electron chi connectivity index (χ1n) is 10.9. The van der Waals surface area contributed by atoms with Crippen LogP contribution in [-0.2, 0) is 4.79 Å². The van der Waals surface area contributed by atoms with Crippen molar-refractivity contribution in [1.82, 2.24) is 0 Å². The van der Waals surface area contributed by atoms with Crippen molar-refractivity contribution in [2.45, 2.75) is 102 Å². The Labute approximate surface area is 170 Å². The molecule has 0 aliphatic heterocycles. The van der Waals surface area contributed by atoms with Crippen molar-refractivity contribution in [3.8, 4) is 0 Å². The number of aliphatic hydroxyl groups is 3. The molecule has 0 amide bonds. The van der Waals surface area contributed by atoms with Crippen LogP contribution in [0.4, 0.5) is 0 Å². The summed E-state index contributed by atoms with van der Waals surface area (Å²) in [6.07, 6.45) is 13.6. The molecule has 0 spiro atoms. The van der Waals surface area contributed by atoms with Gasteiger partial charge >= 0.3 is 5.97 Å². The summed E-state index contributed by atoms with van der Waals surface area (Å²) in [5, 5.41) is 40.0. The van der Waals surface area contributed by atoms with Crippen LogP contribution in [0, 0.1) is 11.8 Å². The molecular weight excluding hydrogens is 356 g/mol. The Morgan fingerprint density at radius 3 is 2.46 bits per heavy atom. The van der Waals surface area contributed by atoms with E-state index in [-0.39, 0.29) is 18.3 Å². The Morgan fingerprint density at radius 1 is 1.11 bits per heavy atom. The zero-order valence-electron chi connectivity index (χ0n) is 17.4. The Kier molecular flexibility index (Phi) is 11.7. The van der Waals surface area contributed by atoms with E-state index in [9.17, 15) is 20.1 Å². The predicted molar refractivity (Wildman–Crippen MR) is 112 cm³/mol. The number of carboxylic acids is 1. The lowest BCUT2D eigenvalue weighted by atomic mass is 9.86. The molecule has 5 atom stereocenters. The zero-order valence-corrected chi connectivity index (χ0v) is 17.4. The van der Waals surface area contributed by atoms with Crippen LogP contribution in [-0.4, -0.2) is 44.2 Å². The summed E-state index contributed by atoms with van der Waals surface area (Å²) >= 11 is 0. The van der Waals surface area contributed by atoms with E-state index in [1.165, 1.54) is 0 Å². The molecule has 5 heteroatoms.